The third-order valence-electron chi connectivity index (χ3n) is 1.66. The van der Waals surface area contributed by atoms with Crippen molar-refractivity contribution in [1.82, 2.24) is 4.90 Å². The maximum atomic E-state index is 9.56. The van der Waals surface area contributed by atoms with Crippen LogP contribution in [0, 0.1) is 0 Å². The van der Waals surface area contributed by atoms with E-state index < -0.39 is 10.4 Å². The van der Waals surface area contributed by atoms with Crippen LogP contribution in [0.15, 0.2) is 12.7 Å². The smallest absolute Gasteiger partial charge is 0.306 e. The van der Waals surface area contributed by atoms with Crippen LogP contribution in [0.25, 0.3) is 0 Å². The van der Waals surface area contributed by atoms with Crippen LogP contribution in [0.5, 0.6) is 0 Å². The highest BCUT2D eigenvalue weighted by molar-refractivity contribution is 7.80. The zero-order valence-corrected chi connectivity index (χ0v) is 10.6. The summed E-state index contributed by atoms with van der Waals surface area (Å²) in [4.78, 5) is 2.18. The van der Waals surface area contributed by atoms with Gasteiger partial charge in [-0.15, -0.1) is 6.58 Å². The minimum absolute atomic E-state index is 0.0289. The molecule has 0 aromatic rings. The summed E-state index contributed by atoms with van der Waals surface area (Å²) >= 11 is 0. The van der Waals surface area contributed by atoms with Crippen LogP contribution in [-0.4, -0.2) is 44.6 Å². The fraction of sp³-hybridized carbons (Fsp3) is 0.778. The maximum absolute atomic E-state index is 9.56. The van der Waals surface area contributed by atoms with Crippen LogP contribution in [0.3, 0.4) is 0 Å². The highest BCUT2D eigenvalue weighted by Gasteiger charge is 1.98. The lowest BCUT2D eigenvalue weighted by Crippen LogP contribution is -2.23. The Morgan fingerprint density at radius 2 is 2.00 bits per heavy atom. The molecule has 1 atom stereocenters. The normalized spacial score (nSPS) is 12.9. The molecule has 0 aromatic carbocycles. The minimum atomic E-state index is -4.17. The molecule has 0 radical (unpaired) electrons. The van der Waals surface area contributed by atoms with Crippen molar-refractivity contribution < 1.29 is 17.2 Å². The van der Waals surface area contributed by atoms with Crippen LogP contribution in [0.2, 0.25) is 0 Å². The number of hydrogen-bond donors (Lipinski definition) is 1. The van der Waals surface area contributed by atoms with E-state index in [-0.39, 0.29) is 6.61 Å². The molecule has 15 heavy (non-hydrogen) atoms. The molecule has 5 nitrogen and oxygen atoms in total. The van der Waals surface area contributed by atoms with Gasteiger partial charge in [-0.1, -0.05) is 6.08 Å². The van der Waals surface area contributed by atoms with Crippen molar-refractivity contribution in [2.75, 3.05) is 20.7 Å². The first-order valence-electron chi connectivity index (χ1n) is 4.63. The second-order valence-electron chi connectivity index (χ2n) is 3.17. The molecule has 0 aliphatic carbocycles. The van der Waals surface area contributed by atoms with E-state index in [9.17, 15) is 8.42 Å². The van der Waals surface area contributed by atoms with Gasteiger partial charge in [-0.3, -0.25) is 4.55 Å². The second kappa shape index (κ2) is 8.84. The molecule has 0 saturated heterocycles. The summed E-state index contributed by atoms with van der Waals surface area (Å²) in [6, 6.07) is 0.632. The molecule has 0 aliphatic heterocycles. The van der Waals surface area contributed by atoms with Gasteiger partial charge in [0, 0.05) is 6.04 Å². The fourth-order valence-electron chi connectivity index (χ4n) is 0.601. The average Bonchev–Trinajstić information content (AvgIpc) is 2.03. The molecule has 1 N–H and O–H groups in total. The largest absolute Gasteiger partial charge is 0.397 e. The monoisotopic (exact) mass is 239 g/mol. The molecule has 0 heterocycles. The zero-order chi connectivity index (χ0) is 12.5. The van der Waals surface area contributed by atoms with Crippen molar-refractivity contribution >= 4 is 10.4 Å². The lowest BCUT2D eigenvalue weighted by atomic mass is 10.2. The van der Waals surface area contributed by atoms with Crippen LogP contribution in [0.4, 0.5) is 0 Å². The van der Waals surface area contributed by atoms with Crippen molar-refractivity contribution in [3.8, 4) is 0 Å². The Kier molecular flexibility index (Phi) is 10.0. The van der Waals surface area contributed by atoms with E-state index in [1.54, 1.807) is 0 Å². The van der Waals surface area contributed by atoms with Gasteiger partial charge in [0.05, 0.1) is 6.61 Å². The Labute approximate surface area is 92.7 Å². The Balaban J connectivity index is 0. The summed E-state index contributed by atoms with van der Waals surface area (Å²) in [5.74, 6) is 0. The molecule has 0 bridgehead atoms. The standard InChI is InChI=1S/C7H15N.C2H6O4S/c1-5-6-7(2)8(3)4;1-2-6-7(3,4)5/h5,7H,1,6H2,2-4H3;2H2,1H3,(H,3,4,5). The van der Waals surface area contributed by atoms with Crippen molar-refractivity contribution in [2.45, 2.75) is 26.3 Å². The van der Waals surface area contributed by atoms with E-state index in [1.807, 2.05) is 6.08 Å². The van der Waals surface area contributed by atoms with Crippen molar-refractivity contribution in [3.63, 3.8) is 0 Å². The van der Waals surface area contributed by atoms with Gasteiger partial charge in [0.2, 0.25) is 0 Å². The molecule has 0 aromatic heterocycles. The molecule has 0 fully saturated rings. The Hall–Kier alpha value is -0.430. The fourth-order valence-corrected chi connectivity index (χ4v) is 0.899. The molecular formula is C9H21NO4S. The minimum Gasteiger partial charge on any atom is -0.306 e. The molecule has 92 valence electrons. The Bertz CT molecular complexity index is 249. The predicted octanol–water partition coefficient (Wildman–Crippen LogP) is 1.34. The van der Waals surface area contributed by atoms with Crippen molar-refractivity contribution in [2.24, 2.45) is 0 Å². The zero-order valence-electron chi connectivity index (χ0n) is 9.80. The van der Waals surface area contributed by atoms with E-state index >= 15 is 0 Å². The molecule has 6 heteroatoms. The van der Waals surface area contributed by atoms with E-state index in [0.29, 0.717) is 6.04 Å². The van der Waals surface area contributed by atoms with Crippen LogP contribution in [-0.2, 0) is 14.6 Å². The number of rotatable bonds is 5. The van der Waals surface area contributed by atoms with Gasteiger partial charge in [-0.05, 0) is 34.4 Å². The van der Waals surface area contributed by atoms with Gasteiger partial charge in [-0.2, -0.15) is 8.42 Å². The summed E-state index contributed by atoms with van der Waals surface area (Å²) in [6.07, 6.45) is 3.03. The van der Waals surface area contributed by atoms with E-state index in [4.69, 9.17) is 4.55 Å². The summed E-state index contributed by atoms with van der Waals surface area (Å²) in [5, 5.41) is 0. The van der Waals surface area contributed by atoms with Gasteiger partial charge >= 0.3 is 10.4 Å². The van der Waals surface area contributed by atoms with Crippen LogP contribution >= 0.6 is 0 Å². The third-order valence-corrected chi connectivity index (χ3v) is 2.19. The average molecular weight is 239 g/mol. The summed E-state index contributed by atoms with van der Waals surface area (Å²) in [7, 11) is -0.0191. The first-order valence-corrected chi connectivity index (χ1v) is 6.00. The van der Waals surface area contributed by atoms with Gasteiger partial charge in [0.25, 0.3) is 0 Å². The summed E-state index contributed by atoms with van der Waals surface area (Å²) in [6.45, 7) is 7.28. The maximum Gasteiger partial charge on any atom is 0.397 e. The molecule has 0 spiro atoms. The topological polar surface area (TPSA) is 66.8 Å². The van der Waals surface area contributed by atoms with Crippen LogP contribution < -0.4 is 0 Å². The lowest BCUT2D eigenvalue weighted by molar-refractivity contribution is 0.283. The van der Waals surface area contributed by atoms with Gasteiger partial charge in [0.1, 0.15) is 0 Å². The Morgan fingerprint density at radius 3 is 2.07 bits per heavy atom. The quantitative estimate of drug-likeness (QED) is 0.579. The number of nitrogens with zero attached hydrogens (tertiary/aromatic N) is 1. The number of hydrogen-bond acceptors (Lipinski definition) is 4. The highest BCUT2D eigenvalue weighted by Crippen LogP contribution is 1.96. The first-order chi connectivity index (χ1) is 6.74. The second-order valence-corrected chi connectivity index (χ2v) is 4.26. The molecule has 0 amide bonds. The molecule has 1 unspecified atom stereocenters. The van der Waals surface area contributed by atoms with Gasteiger partial charge in [0.15, 0.2) is 0 Å². The van der Waals surface area contributed by atoms with Gasteiger partial charge in [-0.25, -0.2) is 4.18 Å². The lowest BCUT2D eigenvalue weighted by Gasteiger charge is -2.16. The summed E-state index contributed by atoms with van der Waals surface area (Å²) in [5.41, 5.74) is 0. The third kappa shape index (κ3) is 16.3. The molecular weight excluding hydrogens is 218 g/mol. The van der Waals surface area contributed by atoms with E-state index in [0.717, 1.165) is 6.42 Å². The van der Waals surface area contributed by atoms with Gasteiger partial charge < -0.3 is 4.90 Å². The molecule has 0 aliphatic rings. The first kappa shape index (κ1) is 17.0. The van der Waals surface area contributed by atoms with Crippen molar-refractivity contribution in [3.05, 3.63) is 12.7 Å². The molecule has 0 saturated carbocycles. The van der Waals surface area contributed by atoms with Crippen molar-refractivity contribution in [1.29, 1.82) is 0 Å². The Morgan fingerprint density at radius 1 is 1.53 bits per heavy atom. The van der Waals surface area contributed by atoms with Crippen LogP contribution in [0.1, 0.15) is 20.3 Å². The molecule has 0 rings (SSSR count). The highest BCUT2D eigenvalue weighted by atomic mass is 32.3. The SMILES string of the molecule is C=CCC(C)N(C)C.CCOS(=O)(=O)O. The van der Waals surface area contributed by atoms with E-state index in [2.05, 4.69) is 36.7 Å². The predicted molar refractivity (Wildman–Crippen MR) is 61.1 cm³/mol. The van der Waals surface area contributed by atoms with E-state index in [1.165, 1.54) is 6.92 Å². The summed E-state index contributed by atoms with van der Waals surface area (Å²) < 4.78 is 30.7.